The first-order valence-corrected chi connectivity index (χ1v) is 8.04. The van der Waals surface area contributed by atoms with Crippen molar-refractivity contribution in [2.24, 2.45) is 11.7 Å². The standard InChI is InChI=1S/C16H19N3OS.2ClH/c1-10-18-14(12-5-3-2-4-6-12)15(21-10)16(20)19-13(9-17)11-7-8-11;;/h2-6,11,13H,7-9,17H2,1H3,(H,19,20);2*1H. The molecule has 1 atom stereocenters. The SMILES string of the molecule is Cc1nc(-c2ccccc2)c(C(=O)NC(CN)C2CC2)s1.Cl.Cl. The highest BCUT2D eigenvalue weighted by Gasteiger charge is 2.32. The van der Waals surface area contributed by atoms with E-state index in [1.165, 1.54) is 11.3 Å². The van der Waals surface area contributed by atoms with Gasteiger partial charge in [0.15, 0.2) is 0 Å². The van der Waals surface area contributed by atoms with E-state index >= 15 is 0 Å². The Morgan fingerprint density at radius 2 is 2.00 bits per heavy atom. The predicted molar refractivity (Wildman–Crippen MR) is 99.8 cm³/mol. The molecule has 1 aromatic carbocycles. The number of nitrogens with two attached hydrogens (primary N) is 1. The van der Waals surface area contributed by atoms with E-state index in [-0.39, 0.29) is 36.8 Å². The van der Waals surface area contributed by atoms with Gasteiger partial charge in [-0.25, -0.2) is 4.98 Å². The molecule has 3 N–H and O–H groups in total. The largest absolute Gasteiger partial charge is 0.347 e. The van der Waals surface area contributed by atoms with Crippen LogP contribution in [0.1, 0.15) is 27.5 Å². The molecule has 1 fully saturated rings. The second kappa shape index (κ2) is 8.64. The highest BCUT2D eigenvalue weighted by molar-refractivity contribution is 7.14. The lowest BCUT2D eigenvalue weighted by Gasteiger charge is -2.15. The van der Waals surface area contributed by atoms with Crippen LogP contribution < -0.4 is 11.1 Å². The average molecular weight is 374 g/mol. The number of amides is 1. The quantitative estimate of drug-likeness (QED) is 0.843. The van der Waals surface area contributed by atoms with Gasteiger partial charge in [-0.15, -0.1) is 36.2 Å². The van der Waals surface area contributed by atoms with Crippen LogP contribution in [0.5, 0.6) is 0 Å². The molecule has 1 aliphatic carbocycles. The van der Waals surface area contributed by atoms with Crippen LogP contribution in [0.4, 0.5) is 0 Å². The van der Waals surface area contributed by atoms with Gasteiger partial charge >= 0.3 is 0 Å². The maximum atomic E-state index is 12.6. The number of benzene rings is 1. The summed E-state index contributed by atoms with van der Waals surface area (Å²) in [6.07, 6.45) is 2.32. The molecule has 126 valence electrons. The Morgan fingerprint density at radius 1 is 1.35 bits per heavy atom. The van der Waals surface area contributed by atoms with Crippen LogP contribution in [0.15, 0.2) is 30.3 Å². The number of nitrogens with zero attached hydrogens (tertiary/aromatic N) is 1. The van der Waals surface area contributed by atoms with Crippen LogP contribution in [0, 0.1) is 12.8 Å². The van der Waals surface area contributed by atoms with Gasteiger partial charge in [-0.3, -0.25) is 4.79 Å². The van der Waals surface area contributed by atoms with Crippen LogP contribution in [0.2, 0.25) is 0 Å². The van der Waals surface area contributed by atoms with Crippen LogP contribution in [0.25, 0.3) is 11.3 Å². The van der Waals surface area contributed by atoms with Gasteiger partial charge in [0.1, 0.15) is 4.88 Å². The summed E-state index contributed by atoms with van der Waals surface area (Å²) in [5, 5.41) is 3.97. The Balaban J connectivity index is 0.00000132. The topological polar surface area (TPSA) is 68.0 Å². The van der Waals surface area contributed by atoms with E-state index in [4.69, 9.17) is 5.73 Å². The van der Waals surface area contributed by atoms with Crippen molar-refractivity contribution in [2.45, 2.75) is 25.8 Å². The van der Waals surface area contributed by atoms with Crippen molar-refractivity contribution >= 4 is 42.1 Å². The minimum atomic E-state index is -0.0539. The van der Waals surface area contributed by atoms with Crippen molar-refractivity contribution < 1.29 is 4.79 Å². The molecule has 1 saturated carbocycles. The Hall–Kier alpha value is -1.14. The molecule has 0 aliphatic heterocycles. The van der Waals surface area contributed by atoms with Gasteiger partial charge in [-0.05, 0) is 25.7 Å². The maximum absolute atomic E-state index is 12.6. The molecular weight excluding hydrogens is 353 g/mol. The summed E-state index contributed by atoms with van der Waals surface area (Å²) in [5.74, 6) is 0.495. The first-order valence-electron chi connectivity index (χ1n) is 7.23. The van der Waals surface area contributed by atoms with Crippen LogP contribution in [0.3, 0.4) is 0 Å². The third-order valence-corrected chi connectivity index (χ3v) is 4.72. The second-order valence-corrected chi connectivity index (χ2v) is 6.63. The molecule has 4 nitrogen and oxygen atoms in total. The Labute approximate surface area is 152 Å². The average Bonchev–Trinajstić information content (AvgIpc) is 3.27. The van der Waals surface area contributed by atoms with E-state index in [9.17, 15) is 4.79 Å². The first-order chi connectivity index (χ1) is 10.2. The molecule has 1 aromatic heterocycles. The summed E-state index contributed by atoms with van der Waals surface area (Å²) in [6.45, 7) is 2.42. The zero-order valence-electron chi connectivity index (χ0n) is 12.8. The molecule has 1 amide bonds. The van der Waals surface area contributed by atoms with Gasteiger partial charge in [-0.1, -0.05) is 30.3 Å². The molecule has 1 heterocycles. The zero-order chi connectivity index (χ0) is 14.8. The molecule has 2 aromatic rings. The van der Waals surface area contributed by atoms with Crippen molar-refractivity contribution in [2.75, 3.05) is 6.54 Å². The number of carbonyl (C=O) groups excluding carboxylic acids is 1. The molecule has 1 unspecified atom stereocenters. The highest BCUT2D eigenvalue weighted by Crippen LogP contribution is 2.33. The summed E-state index contributed by atoms with van der Waals surface area (Å²) >= 11 is 1.44. The number of halogens is 2. The molecule has 3 rings (SSSR count). The van der Waals surface area contributed by atoms with Gasteiger partial charge in [0, 0.05) is 18.2 Å². The monoisotopic (exact) mass is 373 g/mol. The van der Waals surface area contributed by atoms with Crippen LogP contribution in [-0.4, -0.2) is 23.5 Å². The predicted octanol–water partition coefficient (Wildman–Crippen LogP) is 3.43. The van der Waals surface area contributed by atoms with Gasteiger partial charge in [0.2, 0.25) is 0 Å². The molecule has 0 saturated heterocycles. The minimum Gasteiger partial charge on any atom is -0.347 e. The first kappa shape index (κ1) is 19.9. The fourth-order valence-electron chi connectivity index (χ4n) is 2.47. The Bertz CT molecular complexity index is 644. The van der Waals surface area contributed by atoms with E-state index in [1.54, 1.807) is 0 Å². The number of rotatable bonds is 5. The third kappa shape index (κ3) is 4.67. The summed E-state index contributed by atoms with van der Waals surface area (Å²) in [4.78, 5) is 17.8. The number of thiazole rings is 1. The zero-order valence-corrected chi connectivity index (χ0v) is 15.3. The number of hydrogen-bond acceptors (Lipinski definition) is 4. The summed E-state index contributed by atoms with van der Waals surface area (Å²) < 4.78 is 0. The number of aromatic nitrogens is 1. The molecule has 23 heavy (non-hydrogen) atoms. The van der Waals surface area contributed by atoms with E-state index in [0.717, 1.165) is 29.1 Å². The van der Waals surface area contributed by atoms with Gasteiger partial charge in [-0.2, -0.15) is 0 Å². The molecule has 1 aliphatic rings. The van der Waals surface area contributed by atoms with Crippen molar-refractivity contribution in [1.29, 1.82) is 0 Å². The van der Waals surface area contributed by atoms with Crippen molar-refractivity contribution in [3.05, 3.63) is 40.2 Å². The van der Waals surface area contributed by atoms with E-state index < -0.39 is 0 Å². The summed E-state index contributed by atoms with van der Waals surface area (Å²) in [7, 11) is 0. The van der Waals surface area contributed by atoms with E-state index in [2.05, 4.69) is 10.3 Å². The normalized spacial score (nSPS) is 14.3. The van der Waals surface area contributed by atoms with Crippen LogP contribution >= 0.6 is 36.2 Å². The van der Waals surface area contributed by atoms with Gasteiger partial charge in [0.05, 0.1) is 10.7 Å². The van der Waals surface area contributed by atoms with E-state index in [0.29, 0.717) is 17.3 Å². The smallest absolute Gasteiger partial charge is 0.263 e. The second-order valence-electron chi connectivity index (χ2n) is 5.43. The van der Waals surface area contributed by atoms with Gasteiger partial charge < -0.3 is 11.1 Å². The number of aryl methyl sites for hydroxylation is 1. The fourth-order valence-corrected chi connectivity index (χ4v) is 3.32. The molecular formula is C16H21Cl2N3OS. The summed E-state index contributed by atoms with van der Waals surface area (Å²) in [5.41, 5.74) is 7.51. The lowest BCUT2D eigenvalue weighted by atomic mass is 10.1. The lowest BCUT2D eigenvalue weighted by molar-refractivity contribution is 0.0938. The third-order valence-electron chi connectivity index (χ3n) is 3.75. The number of carbonyl (C=O) groups is 1. The Morgan fingerprint density at radius 3 is 2.57 bits per heavy atom. The van der Waals surface area contributed by atoms with Gasteiger partial charge in [0.25, 0.3) is 5.91 Å². The molecule has 0 bridgehead atoms. The molecule has 0 spiro atoms. The minimum absolute atomic E-state index is 0. The highest BCUT2D eigenvalue weighted by atomic mass is 35.5. The van der Waals surface area contributed by atoms with E-state index in [1.807, 2.05) is 37.3 Å². The maximum Gasteiger partial charge on any atom is 0.263 e. The summed E-state index contributed by atoms with van der Waals surface area (Å²) in [6, 6.07) is 9.92. The molecule has 0 radical (unpaired) electrons. The molecule has 7 heteroatoms. The van der Waals surface area contributed by atoms with Crippen molar-refractivity contribution in [1.82, 2.24) is 10.3 Å². The number of hydrogen-bond donors (Lipinski definition) is 2. The fraction of sp³-hybridized carbons (Fsp3) is 0.375. The Kier molecular flexibility index (Phi) is 7.48. The van der Waals surface area contributed by atoms with Crippen molar-refractivity contribution in [3.8, 4) is 11.3 Å². The van der Waals surface area contributed by atoms with Crippen LogP contribution in [-0.2, 0) is 0 Å². The lowest BCUT2D eigenvalue weighted by Crippen LogP contribution is -2.41. The van der Waals surface area contributed by atoms with Crippen molar-refractivity contribution in [3.63, 3.8) is 0 Å². The number of nitrogens with one attached hydrogen (secondary N) is 1.